The Kier molecular flexibility index (Phi) is 4.44. The van der Waals surface area contributed by atoms with Gasteiger partial charge in [0.1, 0.15) is 17.4 Å². The number of rotatable bonds is 4. The van der Waals surface area contributed by atoms with Gasteiger partial charge in [-0.15, -0.1) is 0 Å². The first-order valence-corrected chi connectivity index (χ1v) is 8.49. The molecule has 5 heteroatoms. The maximum absolute atomic E-state index is 10.8. The molecule has 2 aromatic carbocycles. The van der Waals surface area contributed by atoms with Gasteiger partial charge in [0.15, 0.2) is 0 Å². The van der Waals surface area contributed by atoms with Crippen molar-refractivity contribution in [3.05, 3.63) is 65.4 Å². The van der Waals surface area contributed by atoms with Crippen LogP contribution in [0.5, 0.6) is 5.75 Å². The van der Waals surface area contributed by atoms with E-state index in [0.717, 1.165) is 29.6 Å². The smallest absolute Gasteiger partial charge is 0.134 e. The number of fused-ring (bicyclic) bond motifs is 1. The molecule has 3 aromatic rings. The lowest BCUT2D eigenvalue weighted by molar-refractivity contribution is 0.0340. The van der Waals surface area contributed by atoms with Crippen LogP contribution in [0.1, 0.15) is 22.8 Å². The number of phenolic OH excluding ortho intramolecular Hbond substituents is 1. The molecule has 1 aliphatic rings. The van der Waals surface area contributed by atoms with Gasteiger partial charge in [-0.3, -0.25) is 4.90 Å². The van der Waals surface area contributed by atoms with Crippen LogP contribution in [0.15, 0.2) is 53.1 Å². The first kappa shape index (κ1) is 16.1. The summed E-state index contributed by atoms with van der Waals surface area (Å²) in [4.78, 5) is 2.24. The van der Waals surface area contributed by atoms with E-state index in [1.165, 1.54) is 0 Å². The molecule has 1 aromatic heterocycles. The van der Waals surface area contributed by atoms with Gasteiger partial charge in [0.25, 0.3) is 0 Å². The summed E-state index contributed by atoms with van der Waals surface area (Å²) in [5, 5.41) is 22.1. The molecule has 2 N–H and O–H groups in total. The molecule has 0 aliphatic carbocycles. The molecule has 1 atom stereocenters. The summed E-state index contributed by atoms with van der Waals surface area (Å²) < 4.78 is 11.1. The van der Waals surface area contributed by atoms with Gasteiger partial charge in [-0.1, -0.05) is 30.3 Å². The van der Waals surface area contributed by atoms with Crippen molar-refractivity contribution in [2.45, 2.75) is 12.6 Å². The Morgan fingerprint density at radius 3 is 2.56 bits per heavy atom. The zero-order valence-corrected chi connectivity index (χ0v) is 13.9. The number of morpholine rings is 1. The number of aliphatic hydroxyl groups is 1. The molecule has 25 heavy (non-hydrogen) atoms. The molecular weight excluding hydrogens is 318 g/mol. The molecular formula is C20H21NO4. The van der Waals surface area contributed by atoms with E-state index in [0.29, 0.717) is 30.9 Å². The number of hydrogen-bond donors (Lipinski definition) is 2. The number of phenols is 1. The number of furan rings is 1. The Bertz CT molecular complexity index is 853. The van der Waals surface area contributed by atoms with Gasteiger partial charge in [0, 0.05) is 36.1 Å². The zero-order valence-electron chi connectivity index (χ0n) is 13.9. The van der Waals surface area contributed by atoms with Crippen LogP contribution in [0.25, 0.3) is 11.0 Å². The van der Waals surface area contributed by atoms with Crippen LogP contribution in [0.2, 0.25) is 0 Å². The van der Waals surface area contributed by atoms with E-state index >= 15 is 0 Å². The number of aromatic hydroxyl groups is 1. The SMILES string of the molecule is Oc1ccc2occ([C@@H](O)c3ccccc3)c2c1CN1CCOCC1. The largest absolute Gasteiger partial charge is 0.508 e. The highest BCUT2D eigenvalue weighted by atomic mass is 16.5. The lowest BCUT2D eigenvalue weighted by Gasteiger charge is -2.27. The van der Waals surface area contributed by atoms with E-state index in [9.17, 15) is 10.2 Å². The maximum atomic E-state index is 10.8. The highest BCUT2D eigenvalue weighted by molar-refractivity contribution is 5.87. The van der Waals surface area contributed by atoms with Crippen molar-refractivity contribution >= 4 is 11.0 Å². The highest BCUT2D eigenvalue weighted by Crippen LogP contribution is 2.37. The van der Waals surface area contributed by atoms with Gasteiger partial charge in [0.05, 0.1) is 19.5 Å². The lowest BCUT2D eigenvalue weighted by atomic mass is 9.97. The molecule has 5 nitrogen and oxygen atoms in total. The average Bonchev–Trinajstić information content (AvgIpc) is 3.09. The summed E-state index contributed by atoms with van der Waals surface area (Å²) in [6.45, 7) is 3.64. The van der Waals surface area contributed by atoms with Crippen molar-refractivity contribution < 1.29 is 19.4 Å². The van der Waals surface area contributed by atoms with Gasteiger partial charge < -0.3 is 19.4 Å². The van der Waals surface area contributed by atoms with Crippen LogP contribution >= 0.6 is 0 Å². The number of nitrogens with zero attached hydrogens (tertiary/aromatic N) is 1. The van der Waals surface area contributed by atoms with Crippen LogP contribution in [-0.2, 0) is 11.3 Å². The summed E-state index contributed by atoms with van der Waals surface area (Å²) in [6, 6.07) is 12.9. The van der Waals surface area contributed by atoms with E-state index in [-0.39, 0.29) is 5.75 Å². The minimum absolute atomic E-state index is 0.224. The third kappa shape index (κ3) is 3.14. The second-order valence-corrected chi connectivity index (χ2v) is 6.33. The van der Waals surface area contributed by atoms with Crippen molar-refractivity contribution in [1.29, 1.82) is 0 Å². The van der Waals surface area contributed by atoms with E-state index in [1.807, 2.05) is 30.3 Å². The Hall–Kier alpha value is -2.34. The Balaban J connectivity index is 1.76. The first-order chi connectivity index (χ1) is 12.2. The summed E-state index contributed by atoms with van der Waals surface area (Å²) in [7, 11) is 0. The van der Waals surface area contributed by atoms with Crippen molar-refractivity contribution in [2.24, 2.45) is 0 Å². The van der Waals surface area contributed by atoms with Gasteiger partial charge in [-0.2, -0.15) is 0 Å². The fourth-order valence-corrected chi connectivity index (χ4v) is 3.37. The van der Waals surface area contributed by atoms with Crippen molar-refractivity contribution in [2.75, 3.05) is 26.3 Å². The van der Waals surface area contributed by atoms with Gasteiger partial charge >= 0.3 is 0 Å². The topological polar surface area (TPSA) is 66.1 Å². The molecule has 1 fully saturated rings. The average molecular weight is 339 g/mol. The predicted molar refractivity (Wildman–Crippen MR) is 94.5 cm³/mol. The minimum Gasteiger partial charge on any atom is -0.508 e. The number of benzene rings is 2. The quantitative estimate of drug-likeness (QED) is 0.765. The molecule has 4 rings (SSSR count). The minimum atomic E-state index is -0.798. The number of ether oxygens (including phenoxy) is 1. The molecule has 1 saturated heterocycles. The normalized spacial score (nSPS) is 17.0. The standard InChI is InChI=1S/C20H21NO4/c22-17-6-7-18-19(15(17)12-21-8-10-24-11-9-21)16(13-25-18)20(23)14-4-2-1-3-5-14/h1-7,13,20,22-23H,8-12H2/t20-/m0/s1. The van der Waals surface area contributed by atoms with E-state index < -0.39 is 6.10 Å². The van der Waals surface area contributed by atoms with Crippen molar-refractivity contribution in [3.63, 3.8) is 0 Å². The van der Waals surface area contributed by atoms with Gasteiger partial charge in [-0.25, -0.2) is 0 Å². The monoisotopic (exact) mass is 339 g/mol. The van der Waals surface area contributed by atoms with E-state index in [1.54, 1.807) is 18.4 Å². The summed E-state index contributed by atoms with van der Waals surface area (Å²) in [5.41, 5.74) is 2.94. The second kappa shape index (κ2) is 6.88. The third-order valence-electron chi connectivity index (χ3n) is 4.75. The third-order valence-corrected chi connectivity index (χ3v) is 4.75. The molecule has 0 unspecified atom stereocenters. The highest BCUT2D eigenvalue weighted by Gasteiger charge is 2.22. The van der Waals surface area contributed by atoms with Crippen LogP contribution < -0.4 is 0 Å². The summed E-state index contributed by atoms with van der Waals surface area (Å²) in [6.07, 6.45) is 0.789. The van der Waals surface area contributed by atoms with Crippen LogP contribution in [0.3, 0.4) is 0 Å². The molecule has 2 heterocycles. The van der Waals surface area contributed by atoms with Gasteiger partial charge in [0.2, 0.25) is 0 Å². The molecule has 0 bridgehead atoms. The molecule has 0 radical (unpaired) electrons. The van der Waals surface area contributed by atoms with Crippen LogP contribution in [0.4, 0.5) is 0 Å². The summed E-state index contributed by atoms with van der Waals surface area (Å²) >= 11 is 0. The first-order valence-electron chi connectivity index (χ1n) is 8.49. The van der Waals surface area contributed by atoms with E-state index in [4.69, 9.17) is 9.15 Å². The van der Waals surface area contributed by atoms with E-state index in [2.05, 4.69) is 4.90 Å². The zero-order chi connectivity index (χ0) is 17.2. The second-order valence-electron chi connectivity index (χ2n) is 6.33. The van der Waals surface area contributed by atoms with Crippen LogP contribution in [0, 0.1) is 0 Å². The Labute approximate surface area is 146 Å². The Morgan fingerprint density at radius 1 is 1.04 bits per heavy atom. The number of hydrogen-bond acceptors (Lipinski definition) is 5. The molecule has 0 spiro atoms. The maximum Gasteiger partial charge on any atom is 0.134 e. The predicted octanol–water partition coefficient (Wildman–Crippen LogP) is 3.05. The summed E-state index contributed by atoms with van der Waals surface area (Å²) in [5.74, 6) is 0.224. The molecule has 130 valence electrons. The number of aliphatic hydroxyl groups excluding tert-OH is 1. The van der Waals surface area contributed by atoms with Crippen molar-refractivity contribution in [1.82, 2.24) is 4.90 Å². The fourth-order valence-electron chi connectivity index (χ4n) is 3.37. The van der Waals surface area contributed by atoms with Crippen LogP contribution in [-0.4, -0.2) is 41.4 Å². The Morgan fingerprint density at radius 2 is 1.80 bits per heavy atom. The lowest BCUT2D eigenvalue weighted by Crippen LogP contribution is -2.35. The molecule has 0 saturated carbocycles. The van der Waals surface area contributed by atoms with Gasteiger partial charge in [-0.05, 0) is 17.7 Å². The molecule has 0 amide bonds. The molecule has 1 aliphatic heterocycles. The fraction of sp³-hybridized carbons (Fsp3) is 0.300. The van der Waals surface area contributed by atoms with Crippen molar-refractivity contribution in [3.8, 4) is 5.75 Å².